The number of hydrogen-bond donors (Lipinski definition) is 1. The summed E-state index contributed by atoms with van der Waals surface area (Å²) in [5, 5.41) is -0.520. The van der Waals surface area contributed by atoms with E-state index in [1.54, 1.807) is 0 Å². The first-order chi connectivity index (χ1) is 18.4. The van der Waals surface area contributed by atoms with E-state index in [4.69, 9.17) is 16.3 Å². The molecule has 212 valence electrons. The molecular formula is C25H26BrClF2N2O6S2. The topological polar surface area (TPSA) is 110 Å². The number of carbonyl (C=O) groups excluding carboxylic acids is 1. The molecular weight excluding hydrogens is 642 g/mol. The Morgan fingerprint density at radius 2 is 1.67 bits per heavy atom. The van der Waals surface area contributed by atoms with Gasteiger partial charge >= 0.3 is 0 Å². The number of nitrogens with one attached hydrogen (secondary N) is 1. The number of sulfonamides is 2. The van der Waals surface area contributed by atoms with Crippen LogP contribution in [-0.2, 0) is 20.0 Å². The van der Waals surface area contributed by atoms with E-state index >= 15 is 0 Å². The number of ether oxygens (including phenoxy) is 1. The summed E-state index contributed by atoms with van der Waals surface area (Å²) in [6.45, 7) is 0.511. The monoisotopic (exact) mass is 666 g/mol. The van der Waals surface area contributed by atoms with Crippen molar-refractivity contribution < 1.29 is 35.1 Å². The van der Waals surface area contributed by atoms with Gasteiger partial charge in [0.1, 0.15) is 22.3 Å². The highest BCUT2D eigenvalue weighted by Gasteiger charge is 2.38. The van der Waals surface area contributed by atoms with E-state index in [1.807, 2.05) is 4.72 Å². The van der Waals surface area contributed by atoms with Crippen molar-refractivity contribution in [2.24, 2.45) is 5.92 Å². The molecule has 2 aromatic carbocycles. The summed E-state index contributed by atoms with van der Waals surface area (Å²) in [4.78, 5) is 12.1. The van der Waals surface area contributed by atoms with Crippen LogP contribution in [0.1, 0.15) is 60.4 Å². The maximum Gasteiger partial charge on any atom is 0.267 e. The summed E-state index contributed by atoms with van der Waals surface area (Å²) in [5.41, 5.74) is 0.306. The second-order valence-corrected chi connectivity index (χ2v) is 15.3. The van der Waals surface area contributed by atoms with Gasteiger partial charge in [0.05, 0.1) is 22.4 Å². The zero-order chi connectivity index (χ0) is 28.1. The van der Waals surface area contributed by atoms with Gasteiger partial charge in [0.2, 0.25) is 20.0 Å². The van der Waals surface area contributed by atoms with Crippen molar-refractivity contribution >= 4 is 53.5 Å². The van der Waals surface area contributed by atoms with Crippen LogP contribution in [0.4, 0.5) is 8.78 Å². The normalized spacial score (nSPS) is 19.2. The van der Waals surface area contributed by atoms with Crippen LogP contribution in [0.3, 0.4) is 0 Å². The average molecular weight is 668 g/mol. The highest BCUT2D eigenvalue weighted by atomic mass is 79.9. The van der Waals surface area contributed by atoms with Crippen LogP contribution in [0, 0.1) is 17.6 Å². The third kappa shape index (κ3) is 6.27. The highest BCUT2D eigenvalue weighted by Crippen LogP contribution is 2.45. The van der Waals surface area contributed by atoms with Crippen molar-refractivity contribution in [3.8, 4) is 5.75 Å². The maximum atomic E-state index is 14.9. The molecule has 2 aromatic rings. The molecule has 14 heteroatoms. The zero-order valence-corrected chi connectivity index (χ0v) is 24.6. The van der Waals surface area contributed by atoms with E-state index in [2.05, 4.69) is 15.9 Å². The number of piperidine rings is 1. The van der Waals surface area contributed by atoms with Crippen LogP contribution in [0.2, 0.25) is 5.02 Å². The molecule has 2 saturated carbocycles. The molecule has 3 fully saturated rings. The minimum atomic E-state index is -4.08. The Bertz CT molecular complexity index is 1520. The Hall–Kier alpha value is -1.80. The number of rotatable bonds is 9. The molecule has 39 heavy (non-hydrogen) atoms. The van der Waals surface area contributed by atoms with Crippen molar-refractivity contribution in [1.29, 1.82) is 0 Å². The van der Waals surface area contributed by atoms with Crippen molar-refractivity contribution in [2.45, 2.75) is 54.6 Å². The van der Waals surface area contributed by atoms with Gasteiger partial charge < -0.3 is 4.74 Å². The quantitative estimate of drug-likeness (QED) is 0.379. The van der Waals surface area contributed by atoms with Crippen molar-refractivity contribution in [2.75, 3.05) is 19.7 Å². The van der Waals surface area contributed by atoms with Crippen LogP contribution in [0.15, 0.2) is 33.6 Å². The predicted molar refractivity (Wildman–Crippen MR) is 144 cm³/mol. The summed E-state index contributed by atoms with van der Waals surface area (Å²) < 4.78 is 89.0. The molecule has 0 unspecified atom stereocenters. The number of amides is 1. The van der Waals surface area contributed by atoms with Crippen LogP contribution in [-0.4, -0.2) is 52.0 Å². The molecule has 8 nitrogen and oxygen atoms in total. The van der Waals surface area contributed by atoms with Gasteiger partial charge in [-0.2, -0.15) is 4.31 Å². The first kappa shape index (κ1) is 28.7. The molecule has 1 N–H and O–H groups in total. The number of halogens is 4. The third-order valence-electron chi connectivity index (χ3n) is 7.20. The SMILES string of the molecule is O=C(NS(=O)(=O)C1CC1)c1cc(C2CC2)c(OCC2CCN(S(=O)(=O)c3cc(Cl)c(Br)cc3F)CC2)cc1F. The van der Waals surface area contributed by atoms with Gasteiger partial charge in [-0.15, -0.1) is 0 Å². The minimum Gasteiger partial charge on any atom is -0.493 e. The molecule has 1 heterocycles. The molecule has 1 saturated heterocycles. The first-order valence-corrected chi connectivity index (χ1v) is 16.7. The number of hydrogen-bond acceptors (Lipinski definition) is 6. The Labute approximate surface area is 239 Å². The maximum absolute atomic E-state index is 14.9. The molecule has 1 amide bonds. The lowest BCUT2D eigenvalue weighted by molar-refractivity contribution is 0.0977. The Morgan fingerprint density at radius 1 is 1.00 bits per heavy atom. The van der Waals surface area contributed by atoms with E-state index < -0.39 is 47.7 Å². The van der Waals surface area contributed by atoms with Gasteiger partial charge in [0, 0.05) is 23.6 Å². The number of nitrogens with zero attached hydrogens (tertiary/aromatic N) is 1. The lowest BCUT2D eigenvalue weighted by Gasteiger charge is -2.31. The standard InChI is InChI=1S/C25H26BrClF2N2O6S2/c26-19-10-22(29)24(11-20(19)27)39(35,36)31-7-5-14(6-8-31)13-37-23-12-21(28)18(9-17(23)15-1-2-15)25(32)30-38(33,34)16-3-4-16/h9-12,14-16H,1-8,13H2,(H,30,32). The summed E-state index contributed by atoms with van der Waals surface area (Å²) >= 11 is 9.06. The van der Waals surface area contributed by atoms with Gasteiger partial charge in [-0.3, -0.25) is 4.79 Å². The molecule has 3 aliphatic rings. The van der Waals surface area contributed by atoms with Crippen LogP contribution in [0.25, 0.3) is 0 Å². The molecule has 0 bridgehead atoms. The third-order valence-corrected chi connectivity index (χ3v) is 12.1. The van der Waals surface area contributed by atoms with Gasteiger partial charge in [-0.1, -0.05) is 11.6 Å². The highest BCUT2D eigenvalue weighted by molar-refractivity contribution is 9.10. The van der Waals surface area contributed by atoms with E-state index in [0.29, 0.717) is 37.0 Å². The zero-order valence-electron chi connectivity index (χ0n) is 20.6. The Balaban J connectivity index is 1.23. The second kappa shape index (κ2) is 10.9. The van der Waals surface area contributed by atoms with Gasteiger partial charge in [-0.25, -0.2) is 30.3 Å². The minimum absolute atomic E-state index is 0.0309. The molecule has 5 rings (SSSR count). The second-order valence-electron chi connectivity index (χ2n) is 10.2. The van der Waals surface area contributed by atoms with Crippen LogP contribution in [0.5, 0.6) is 5.75 Å². The first-order valence-electron chi connectivity index (χ1n) is 12.5. The van der Waals surface area contributed by atoms with E-state index in [1.165, 1.54) is 10.4 Å². The van der Waals surface area contributed by atoms with Gasteiger partial charge in [0.15, 0.2) is 0 Å². The molecule has 0 spiro atoms. The summed E-state index contributed by atoms with van der Waals surface area (Å²) in [7, 11) is -7.90. The smallest absolute Gasteiger partial charge is 0.267 e. The van der Waals surface area contributed by atoms with E-state index in [-0.39, 0.29) is 46.6 Å². The fourth-order valence-corrected chi connectivity index (χ4v) is 7.97. The van der Waals surface area contributed by atoms with Crippen LogP contribution < -0.4 is 9.46 Å². The van der Waals surface area contributed by atoms with Gasteiger partial charge in [0.25, 0.3) is 5.91 Å². The average Bonchev–Trinajstić information content (AvgIpc) is 3.77. The van der Waals surface area contributed by atoms with Crippen molar-refractivity contribution in [3.63, 3.8) is 0 Å². The molecule has 0 atom stereocenters. The summed E-state index contributed by atoms with van der Waals surface area (Å²) in [5.74, 6) is -2.42. The van der Waals surface area contributed by atoms with Crippen molar-refractivity contribution in [3.05, 3.63) is 56.5 Å². The summed E-state index contributed by atoms with van der Waals surface area (Å²) in [6.07, 6.45) is 3.54. The van der Waals surface area contributed by atoms with Crippen molar-refractivity contribution in [1.82, 2.24) is 9.03 Å². The molecule has 1 aliphatic heterocycles. The fourth-order valence-electron chi connectivity index (χ4n) is 4.60. The lowest BCUT2D eigenvalue weighted by Crippen LogP contribution is -2.40. The fraction of sp³-hybridized carbons (Fsp3) is 0.480. The lowest BCUT2D eigenvalue weighted by atomic mass is 9.99. The van der Waals surface area contributed by atoms with Gasteiger partial charge in [-0.05, 0) is 90.1 Å². The number of carbonyl (C=O) groups is 1. The molecule has 2 aliphatic carbocycles. The number of benzene rings is 2. The van der Waals surface area contributed by atoms with E-state index in [9.17, 15) is 30.4 Å². The Morgan fingerprint density at radius 3 is 2.28 bits per heavy atom. The molecule has 0 radical (unpaired) electrons. The molecule has 0 aromatic heterocycles. The largest absolute Gasteiger partial charge is 0.493 e. The predicted octanol–water partition coefficient (Wildman–Crippen LogP) is 4.96. The van der Waals surface area contributed by atoms with Crippen LogP contribution >= 0.6 is 27.5 Å². The van der Waals surface area contributed by atoms with E-state index in [0.717, 1.165) is 31.0 Å². The Kier molecular flexibility index (Phi) is 8.01. The summed E-state index contributed by atoms with van der Waals surface area (Å²) in [6, 6.07) is 4.59.